The Kier molecular flexibility index (Phi) is 5.39. The van der Waals surface area contributed by atoms with Crippen molar-refractivity contribution >= 4 is 38.9 Å². The van der Waals surface area contributed by atoms with Crippen LogP contribution >= 0.6 is 38.9 Å². The molecule has 2 aromatic rings. The highest BCUT2D eigenvalue weighted by atomic mass is 79.9. The van der Waals surface area contributed by atoms with Crippen LogP contribution in [0.5, 0.6) is 0 Å². The Bertz CT molecular complexity index is 556. The Balaban J connectivity index is 2.23. The van der Waals surface area contributed by atoms with E-state index in [9.17, 15) is 0 Å². The molecule has 0 aliphatic rings. The van der Waals surface area contributed by atoms with Gasteiger partial charge in [-0.15, -0.1) is 11.3 Å². The first-order chi connectivity index (χ1) is 9.11. The summed E-state index contributed by atoms with van der Waals surface area (Å²) in [6, 6.07) is 2.35. The zero-order valence-electron chi connectivity index (χ0n) is 10.9. The van der Waals surface area contributed by atoms with E-state index in [0.29, 0.717) is 0 Å². The Labute approximate surface area is 131 Å². The van der Waals surface area contributed by atoms with Crippen LogP contribution in [0.2, 0.25) is 5.02 Å². The normalized spacial score (nSPS) is 12.6. The summed E-state index contributed by atoms with van der Waals surface area (Å²) in [6.07, 6.45) is 4.59. The number of nitrogens with one attached hydrogen (secondary N) is 1. The molecule has 0 saturated carbocycles. The smallest absolute Gasteiger partial charge is 0.0590 e. The second kappa shape index (κ2) is 6.84. The summed E-state index contributed by atoms with van der Waals surface area (Å²) in [5, 5.41) is 6.50. The molecule has 5 heteroatoms. The van der Waals surface area contributed by atoms with Crippen LogP contribution < -0.4 is 5.32 Å². The molecule has 19 heavy (non-hydrogen) atoms. The molecule has 2 heterocycles. The molecule has 0 amide bonds. The third kappa shape index (κ3) is 3.78. The summed E-state index contributed by atoms with van der Waals surface area (Å²) in [5.74, 6) is 0. The molecule has 2 rings (SSSR count). The zero-order valence-corrected chi connectivity index (χ0v) is 14.1. The van der Waals surface area contributed by atoms with Gasteiger partial charge in [0.15, 0.2) is 0 Å². The van der Waals surface area contributed by atoms with Crippen molar-refractivity contribution in [1.82, 2.24) is 10.3 Å². The van der Waals surface area contributed by atoms with E-state index in [1.807, 2.05) is 13.1 Å². The van der Waals surface area contributed by atoms with Crippen LogP contribution in [0, 0.1) is 6.92 Å². The van der Waals surface area contributed by atoms with Gasteiger partial charge in [0.2, 0.25) is 0 Å². The van der Waals surface area contributed by atoms with Crippen LogP contribution in [0.15, 0.2) is 28.3 Å². The van der Waals surface area contributed by atoms with E-state index >= 15 is 0 Å². The van der Waals surface area contributed by atoms with Gasteiger partial charge >= 0.3 is 0 Å². The molecule has 0 radical (unpaired) electrons. The van der Waals surface area contributed by atoms with Crippen molar-refractivity contribution in [3.8, 4) is 0 Å². The van der Waals surface area contributed by atoms with Gasteiger partial charge in [0.1, 0.15) is 0 Å². The van der Waals surface area contributed by atoms with Crippen LogP contribution in [0.4, 0.5) is 0 Å². The largest absolute Gasteiger partial charge is 0.309 e. The molecule has 0 aliphatic carbocycles. The number of likely N-dealkylation sites (N-methyl/N-ethyl adjacent to an activating group) is 1. The lowest BCUT2D eigenvalue weighted by molar-refractivity contribution is 0.557. The van der Waals surface area contributed by atoms with Gasteiger partial charge in [-0.25, -0.2) is 0 Å². The highest BCUT2D eigenvalue weighted by Crippen LogP contribution is 2.34. The predicted octanol–water partition coefficient (Wildman–Crippen LogP) is 4.76. The molecule has 1 unspecified atom stereocenters. The number of aryl methyl sites for hydroxylation is 1. The molecule has 2 nitrogen and oxygen atoms in total. The average Bonchev–Trinajstić information content (AvgIpc) is 2.70. The lowest BCUT2D eigenvalue weighted by Gasteiger charge is -2.17. The van der Waals surface area contributed by atoms with Crippen molar-refractivity contribution in [3.63, 3.8) is 0 Å². The fraction of sp³-hybridized carbons (Fsp3) is 0.357. The van der Waals surface area contributed by atoms with E-state index in [1.165, 1.54) is 10.4 Å². The topological polar surface area (TPSA) is 24.9 Å². The summed E-state index contributed by atoms with van der Waals surface area (Å²) in [7, 11) is 0. The van der Waals surface area contributed by atoms with E-state index in [1.54, 1.807) is 17.5 Å². The van der Waals surface area contributed by atoms with Crippen molar-refractivity contribution in [3.05, 3.63) is 49.3 Å². The van der Waals surface area contributed by atoms with E-state index in [0.717, 1.165) is 28.0 Å². The third-order valence-electron chi connectivity index (χ3n) is 2.89. The Morgan fingerprint density at radius 2 is 2.26 bits per heavy atom. The fourth-order valence-corrected chi connectivity index (χ4v) is 3.81. The maximum Gasteiger partial charge on any atom is 0.0590 e. The third-order valence-corrected chi connectivity index (χ3v) is 5.15. The molecular weight excluding hydrogens is 344 g/mol. The van der Waals surface area contributed by atoms with Crippen molar-refractivity contribution < 1.29 is 0 Å². The summed E-state index contributed by atoms with van der Waals surface area (Å²) < 4.78 is 1.01. The first kappa shape index (κ1) is 15.0. The van der Waals surface area contributed by atoms with Gasteiger partial charge in [0.05, 0.1) is 5.02 Å². The number of thiophene rings is 1. The van der Waals surface area contributed by atoms with E-state index in [4.69, 9.17) is 11.6 Å². The van der Waals surface area contributed by atoms with E-state index in [2.05, 4.69) is 44.6 Å². The number of rotatable bonds is 5. The van der Waals surface area contributed by atoms with Gasteiger partial charge in [0.25, 0.3) is 0 Å². The summed E-state index contributed by atoms with van der Waals surface area (Å²) in [5.41, 5.74) is 2.35. The highest BCUT2D eigenvalue weighted by molar-refractivity contribution is 9.10. The lowest BCUT2D eigenvalue weighted by Crippen LogP contribution is -2.22. The van der Waals surface area contributed by atoms with Crippen molar-refractivity contribution in [2.75, 3.05) is 6.54 Å². The first-order valence-electron chi connectivity index (χ1n) is 6.18. The molecule has 0 saturated heterocycles. The Hall–Kier alpha value is -0.420. The monoisotopic (exact) mass is 358 g/mol. The highest BCUT2D eigenvalue weighted by Gasteiger charge is 2.18. The minimum Gasteiger partial charge on any atom is -0.309 e. The number of hydrogen-bond donors (Lipinski definition) is 1. The number of hydrogen-bond acceptors (Lipinski definition) is 3. The molecule has 1 atom stereocenters. The van der Waals surface area contributed by atoms with Gasteiger partial charge in [-0.2, -0.15) is 0 Å². The molecule has 1 N–H and O–H groups in total. The second-order valence-electron chi connectivity index (χ2n) is 4.42. The van der Waals surface area contributed by atoms with Crippen molar-refractivity contribution in [2.45, 2.75) is 26.3 Å². The van der Waals surface area contributed by atoms with Crippen LogP contribution in [0.1, 0.15) is 29.0 Å². The van der Waals surface area contributed by atoms with Gasteiger partial charge in [-0.05, 0) is 58.4 Å². The van der Waals surface area contributed by atoms with Crippen LogP contribution in [-0.2, 0) is 6.42 Å². The number of nitrogens with zero attached hydrogens (tertiary/aromatic N) is 1. The quantitative estimate of drug-likeness (QED) is 0.832. The van der Waals surface area contributed by atoms with E-state index < -0.39 is 0 Å². The predicted molar refractivity (Wildman–Crippen MR) is 86.1 cm³/mol. The van der Waals surface area contributed by atoms with Crippen LogP contribution in [0.25, 0.3) is 0 Å². The molecule has 2 aromatic heterocycles. The maximum absolute atomic E-state index is 6.38. The van der Waals surface area contributed by atoms with Gasteiger partial charge < -0.3 is 5.32 Å². The van der Waals surface area contributed by atoms with Gasteiger partial charge in [-0.3, -0.25) is 4.98 Å². The second-order valence-corrected chi connectivity index (χ2v) is 6.63. The minimum atomic E-state index is 0.243. The maximum atomic E-state index is 6.38. The molecule has 0 bridgehead atoms. The summed E-state index contributed by atoms with van der Waals surface area (Å²) in [4.78, 5) is 5.42. The first-order valence-corrected chi connectivity index (χ1v) is 8.23. The van der Waals surface area contributed by atoms with Crippen LogP contribution in [0.3, 0.4) is 0 Å². The molecule has 102 valence electrons. The number of pyridine rings is 1. The molecular formula is C14H16BrClN2S. The lowest BCUT2D eigenvalue weighted by atomic mass is 10.1. The standard InChI is InChI=1S/C14H16BrClN2S/c1-3-18-12(14-13(16)9(2)8-19-14)5-10-4-11(15)7-17-6-10/h4,6-8,12,18H,3,5H2,1-2H3. The number of aromatic nitrogens is 1. The van der Waals surface area contributed by atoms with Gasteiger partial charge in [0, 0.05) is 27.8 Å². The molecule has 0 aromatic carbocycles. The van der Waals surface area contributed by atoms with E-state index in [-0.39, 0.29) is 6.04 Å². The fourth-order valence-electron chi connectivity index (χ4n) is 1.99. The number of halogens is 2. The Morgan fingerprint density at radius 3 is 2.84 bits per heavy atom. The molecule has 0 fully saturated rings. The molecule has 0 spiro atoms. The summed E-state index contributed by atoms with van der Waals surface area (Å²) in [6.45, 7) is 5.08. The molecule has 0 aliphatic heterocycles. The minimum absolute atomic E-state index is 0.243. The SMILES string of the molecule is CCNC(Cc1cncc(Br)c1)c1scc(C)c1Cl. The average molecular weight is 360 g/mol. The van der Waals surface area contributed by atoms with Crippen LogP contribution in [-0.4, -0.2) is 11.5 Å². The van der Waals surface area contributed by atoms with Crippen molar-refractivity contribution in [1.29, 1.82) is 0 Å². The zero-order chi connectivity index (χ0) is 13.8. The van der Waals surface area contributed by atoms with Gasteiger partial charge in [-0.1, -0.05) is 18.5 Å². The summed E-state index contributed by atoms with van der Waals surface area (Å²) >= 11 is 11.6. The van der Waals surface area contributed by atoms with Crippen molar-refractivity contribution in [2.24, 2.45) is 0 Å². The Morgan fingerprint density at radius 1 is 1.47 bits per heavy atom.